The Morgan fingerprint density at radius 1 is 0.750 bits per heavy atom. The minimum atomic E-state index is -3.85. The molecule has 0 heterocycles. The number of allylic oxidation sites excluding steroid dienone is 1. The topological polar surface area (TPSA) is 72.8 Å². The van der Waals surface area contributed by atoms with Crippen LogP contribution in [0.4, 0.5) is 0 Å². The molecule has 0 unspecified atom stereocenters. The van der Waals surface area contributed by atoms with Gasteiger partial charge in [0, 0.05) is 0 Å². The van der Waals surface area contributed by atoms with Crippen molar-refractivity contribution < 1.29 is 22.4 Å². The first-order valence-corrected chi connectivity index (χ1v) is 13.1. The second kappa shape index (κ2) is 14.7. The molecule has 2 aromatic rings. The molecular formula is C26H36O5S. The largest absolute Gasteiger partial charge is 0.493 e. The molecule has 0 fully saturated rings. The molecule has 0 amide bonds. The van der Waals surface area contributed by atoms with Gasteiger partial charge in [0.25, 0.3) is 10.1 Å². The quantitative estimate of drug-likeness (QED) is 0.162. The minimum Gasteiger partial charge on any atom is -0.493 e. The van der Waals surface area contributed by atoms with Gasteiger partial charge >= 0.3 is 0 Å². The van der Waals surface area contributed by atoms with Gasteiger partial charge < -0.3 is 9.47 Å². The predicted molar refractivity (Wildman–Crippen MR) is 131 cm³/mol. The molecule has 0 atom stereocenters. The third-order valence-electron chi connectivity index (χ3n) is 5.16. The molecule has 0 bridgehead atoms. The second-order valence-electron chi connectivity index (χ2n) is 7.88. The van der Waals surface area contributed by atoms with Crippen molar-refractivity contribution in [2.75, 3.05) is 19.0 Å². The Morgan fingerprint density at radius 2 is 1.31 bits per heavy atom. The van der Waals surface area contributed by atoms with Crippen molar-refractivity contribution >= 4 is 10.1 Å². The molecule has 0 saturated carbocycles. The van der Waals surface area contributed by atoms with Crippen LogP contribution in [0.5, 0.6) is 11.5 Å². The molecule has 176 valence electrons. The van der Waals surface area contributed by atoms with Gasteiger partial charge in [-0.1, -0.05) is 61.7 Å². The molecule has 0 aromatic heterocycles. The number of hydrogen-bond donors (Lipinski definition) is 1. The van der Waals surface area contributed by atoms with Crippen LogP contribution in [0.2, 0.25) is 0 Å². The van der Waals surface area contributed by atoms with Crippen LogP contribution in [-0.2, 0) is 10.1 Å². The minimum absolute atomic E-state index is 0.162. The van der Waals surface area contributed by atoms with Crippen LogP contribution in [0.25, 0.3) is 11.1 Å². The number of ether oxygens (including phenoxy) is 2. The van der Waals surface area contributed by atoms with E-state index in [2.05, 4.69) is 18.7 Å². The number of rotatable bonds is 17. The average Bonchev–Trinajstić information content (AvgIpc) is 2.78. The zero-order valence-corrected chi connectivity index (χ0v) is 19.7. The number of hydrogen-bond acceptors (Lipinski definition) is 4. The number of unbranched alkanes of at least 4 members (excludes halogenated alkanes) is 7. The van der Waals surface area contributed by atoms with Crippen molar-refractivity contribution in [3.8, 4) is 22.6 Å². The van der Waals surface area contributed by atoms with Crippen LogP contribution < -0.4 is 9.47 Å². The summed E-state index contributed by atoms with van der Waals surface area (Å²) in [6, 6.07) is 16.1. The highest BCUT2D eigenvalue weighted by Gasteiger charge is 2.13. The summed E-state index contributed by atoms with van der Waals surface area (Å²) in [6.07, 6.45) is 10.3. The van der Waals surface area contributed by atoms with Crippen molar-refractivity contribution in [2.24, 2.45) is 0 Å². The van der Waals surface area contributed by atoms with Crippen molar-refractivity contribution in [2.45, 2.75) is 57.8 Å². The highest BCUT2D eigenvalue weighted by molar-refractivity contribution is 7.85. The van der Waals surface area contributed by atoms with Gasteiger partial charge in [0.1, 0.15) is 11.5 Å². The van der Waals surface area contributed by atoms with Gasteiger partial charge in [-0.25, -0.2) is 0 Å². The molecule has 0 saturated heterocycles. The van der Waals surface area contributed by atoms with Crippen molar-refractivity contribution in [1.29, 1.82) is 0 Å². The maximum Gasteiger partial charge on any atom is 0.264 e. The maximum atomic E-state index is 10.7. The Hall–Kier alpha value is -2.31. The van der Waals surface area contributed by atoms with Gasteiger partial charge in [0.2, 0.25) is 0 Å². The van der Waals surface area contributed by atoms with Crippen LogP contribution >= 0.6 is 0 Å². The van der Waals surface area contributed by atoms with E-state index in [1.807, 2.05) is 42.5 Å². The molecule has 32 heavy (non-hydrogen) atoms. The fourth-order valence-electron chi connectivity index (χ4n) is 3.49. The van der Waals surface area contributed by atoms with Gasteiger partial charge in [-0.05, 0) is 56.2 Å². The molecular weight excluding hydrogens is 424 g/mol. The van der Waals surface area contributed by atoms with E-state index in [0.717, 1.165) is 74.0 Å². The molecule has 0 radical (unpaired) electrons. The standard InChI is InChI=1S/C26H36O5S/c1-2-3-4-6-12-20-30-24-18-15-19-25(26(24)23-16-10-9-11-17-23)31-21-13-7-5-8-14-22-32(27,28)29/h2,9-11,15-19H,1,3-8,12-14,20-22H2,(H,27,28,29). The maximum absolute atomic E-state index is 10.7. The lowest BCUT2D eigenvalue weighted by molar-refractivity contribution is 0.292. The lowest BCUT2D eigenvalue weighted by Crippen LogP contribution is -2.04. The number of benzene rings is 2. The molecule has 0 spiro atoms. The van der Waals surface area contributed by atoms with Crippen molar-refractivity contribution in [1.82, 2.24) is 0 Å². The monoisotopic (exact) mass is 460 g/mol. The van der Waals surface area contributed by atoms with E-state index in [0.29, 0.717) is 19.6 Å². The zero-order chi connectivity index (χ0) is 23.1. The third-order valence-corrected chi connectivity index (χ3v) is 5.97. The lowest BCUT2D eigenvalue weighted by Gasteiger charge is -2.17. The summed E-state index contributed by atoms with van der Waals surface area (Å²) in [5.74, 6) is 1.49. The molecule has 0 aliphatic rings. The summed E-state index contributed by atoms with van der Waals surface area (Å²) in [6.45, 7) is 5.02. The van der Waals surface area contributed by atoms with Gasteiger partial charge in [-0.3, -0.25) is 4.55 Å². The average molecular weight is 461 g/mol. The summed E-state index contributed by atoms with van der Waals surface area (Å²) in [4.78, 5) is 0. The smallest absolute Gasteiger partial charge is 0.264 e. The zero-order valence-electron chi connectivity index (χ0n) is 18.9. The SMILES string of the molecule is C=CCCCCCOc1cccc(OCCCCCCCS(=O)(=O)O)c1-c1ccccc1. The summed E-state index contributed by atoms with van der Waals surface area (Å²) < 4.78 is 42.5. The van der Waals surface area contributed by atoms with Crippen LogP contribution in [0.1, 0.15) is 57.8 Å². The Balaban J connectivity index is 1.89. The summed E-state index contributed by atoms with van der Waals surface area (Å²) in [5.41, 5.74) is 2.04. The van der Waals surface area contributed by atoms with Crippen molar-refractivity contribution in [3.05, 3.63) is 61.2 Å². The van der Waals surface area contributed by atoms with E-state index in [4.69, 9.17) is 14.0 Å². The Labute approximate surface area is 193 Å². The lowest BCUT2D eigenvalue weighted by atomic mass is 10.0. The van der Waals surface area contributed by atoms with E-state index in [9.17, 15) is 8.42 Å². The van der Waals surface area contributed by atoms with E-state index >= 15 is 0 Å². The molecule has 5 nitrogen and oxygen atoms in total. The van der Waals surface area contributed by atoms with Crippen molar-refractivity contribution in [3.63, 3.8) is 0 Å². The first-order valence-electron chi connectivity index (χ1n) is 11.5. The first-order chi connectivity index (χ1) is 15.5. The van der Waals surface area contributed by atoms with E-state index in [-0.39, 0.29) is 5.75 Å². The summed E-state index contributed by atoms with van der Waals surface area (Å²) in [7, 11) is -3.85. The fraction of sp³-hybridized carbons (Fsp3) is 0.462. The molecule has 2 rings (SSSR count). The van der Waals surface area contributed by atoms with E-state index < -0.39 is 10.1 Å². The normalized spacial score (nSPS) is 11.3. The van der Waals surface area contributed by atoms with E-state index in [1.165, 1.54) is 0 Å². The Bertz CT molecular complexity index is 894. The third kappa shape index (κ3) is 10.3. The van der Waals surface area contributed by atoms with Gasteiger partial charge in [-0.15, -0.1) is 6.58 Å². The predicted octanol–water partition coefficient (Wildman–Crippen LogP) is 6.70. The molecule has 0 aliphatic carbocycles. The van der Waals surface area contributed by atoms with Gasteiger partial charge in [-0.2, -0.15) is 8.42 Å². The van der Waals surface area contributed by atoms with Crippen LogP contribution in [0.3, 0.4) is 0 Å². The highest BCUT2D eigenvalue weighted by atomic mass is 32.2. The van der Waals surface area contributed by atoms with Gasteiger partial charge in [0.15, 0.2) is 0 Å². The van der Waals surface area contributed by atoms with Crippen LogP contribution in [-0.4, -0.2) is 31.9 Å². The second-order valence-corrected chi connectivity index (χ2v) is 9.46. The van der Waals surface area contributed by atoms with Crippen LogP contribution in [0, 0.1) is 0 Å². The van der Waals surface area contributed by atoms with Gasteiger partial charge in [0.05, 0.1) is 24.5 Å². The molecule has 2 aromatic carbocycles. The molecule has 0 aliphatic heterocycles. The van der Waals surface area contributed by atoms with E-state index in [1.54, 1.807) is 0 Å². The fourth-order valence-corrected chi connectivity index (χ4v) is 4.06. The molecule has 6 heteroatoms. The molecule has 1 N–H and O–H groups in total. The highest BCUT2D eigenvalue weighted by Crippen LogP contribution is 2.38. The summed E-state index contributed by atoms with van der Waals surface area (Å²) >= 11 is 0. The first kappa shape index (κ1) is 25.9. The summed E-state index contributed by atoms with van der Waals surface area (Å²) in [5, 5.41) is 0. The van der Waals surface area contributed by atoms with Crippen LogP contribution in [0.15, 0.2) is 61.2 Å². The Morgan fingerprint density at radius 3 is 1.91 bits per heavy atom. The Kier molecular flexibility index (Phi) is 11.9.